The van der Waals surface area contributed by atoms with Crippen molar-refractivity contribution in [2.45, 2.75) is 20.0 Å². The van der Waals surface area contributed by atoms with Crippen LogP contribution in [-0.4, -0.2) is 14.2 Å². The second-order valence-corrected chi connectivity index (χ2v) is 9.19. The number of hydrogen-bond acceptors (Lipinski definition) is 4. The van der Waals surface area contributed by atoms with E-state index in [9.17, 15) is 17.6 Å². The molecule has 0 bridgehead atoms. The maximum absolute atomic E-state index is 13.4. The zero-order valence-corrected chi connectivity index (χ0v) is 17.7. The van der Waals surface area contributed by atoms with Crippen LogP contribution in [0.4, 0.5) is 10.1 Å². The highest BCUT2D eigenvalue weighted by Crippen LogP contribution is 2.36. The Morgan fingerprint density at radius 1 is 0.935 bits per heavy atom. The summed E-state index contributed by atoms with van der Waals surface area (Å²) >= 11 is 0. The van der Waals surface area contributed by atoms with Gasteiger partial charge in [-0.3, -0.25) is 9.10 Å². The van der Waals surface area contributed by atoms with Gasteiger partial charge in [-0.1, -0.05) is 54.1 Å². The SMILES string of the molecule is Cc1ccc(CN2c3ccccc3C(=O)/C(=C\NCc3ccc(F)cc3)S2(=O)=O)cc1. The molecule has 0 unspecified atom stereocenters. The van der Waals surface area contributed by atoms with E-state index < -0.39 is 15.8 Å². The lowest BCUT2D eigenvalue weighted by molar-refractivity contribution is 0.104. The average Bonchev–Trinajstić information content (AvgIpc) is 2.76. The van der Waals surface area contributed by atoms with Gasteiger partial charge in [-0.15, -0.1) is 0 Å². The molecule has 1 aliphatic heterocycles. The first kappa shape index (κ1) is 20.8. The van der Waals surface area contributed by atoms with Crippen LogP contribution < -0.4 is 9.62 Å². The molecule has 4 rings (SSSR count). The summed E-state index contributed by atoms with van der Waals surface area (Å²) in [6.07, 6.45) is 1.24. The van der Waals surface area contributed by atoms with Gasteiger partial charge in [-0.25, -0.2) is 12.8 Å². The number of allylic oxidation sites excluding steroid dienone is 1. The number of halogens is 1. The molecule has 0 aliphatic carbocycles. The molecule has 0 radical (unpaired) electrons. The Labute approximate surface area is 180 Å². The molecule has 0 spiro atoms. The van der Waals surface area contributed by atoms with Crippen molar-refractivity contribution in [3.05, 3.63) is 112 Å². The standard InChI is InChI=1S/C24H21FN2O3S/c1-17-6-8-19(9-7-17)16-27-22-5-3-2-4-21(22)24(28)23(31(27,29)30)15-26-14-18-10-12-20(25)13-11-18/h2-13,15,26H,14,16H2,1H3/b23-15+. The van der Waals surface area contributed by atoms with Crippen molar-refractivity contribution in [3.8, 4) is 0 Å². The van der Waals surface area contributed by atoms with Crippen LogP contribution in [0.1, 0.15) is 27.0 Å². The van der Waals surface area contributed by atoms with E-state index in [1.54, 1.807) is 36.4 Å². The number of ketones is 1. The van der Waals surface area contributed by atoms with Crippen molar-refractivity contribution < 1.29 is 17.6 Å². The van der Waals surface area contributed by atoms with Gasteiger partial charge < -0.3 is 5.32 Å². The Morgan fingerprint density at radius 3 is 2.29 bits per heavy atom. The van der Waals surface area contributed by atoms with E-state index in [1.807, 2.05) is 31.2 Å². The first-order valence-electron chi connectivity index (χ1n) is 9.76. The fourth-order valence-electron chi connectivity index (χ4n) is 3.41. The number of nitrogens with zero attached hydrogens (tertiary/aromatic N) is 1. The fourth-order valence-corrected chi connectivity index (χ4v) is 4.97. The van der Waals surface area contributed by atoms with Gasteiger partial charge in [-0.05, 0) is 42.3 Å². The third kappa shape index (κ3) is 4.22. The zero-order valence-electron chi connectivity index (χ0n) is 16.9. The largest absolute Gasteiger partial charge is 0.386 e. The number of Topliss-reactive ketones (excluding diaryl/α,β-unsaturated/α-hetero) is 1. The molecule has 1 N–H and O–H groups in total. The number of fused-ring (bicyclic) bond motifs is 1. The van der Waals surface area contributed by atoms with E-state index in [0.717, 1.165) is 16.7 Å². The minimum Gasteiger partial charge on any atom is -0.386 e. The number of rotatable bonds is 5. The zero-order chi connectivity index (χ0) is 22.0. The number of carbonyl (C=O) groups is 1. The van der Waals surface area contributed by atoms with Crippen molar-refractivity contribution in [2.24, 2.45) is 0 Å². The summed E-state index contributed by atoms with van der Waals surface area (Å²) in [6, 6.07) is 20.1. The van der Waals surface area contributed by atoms with E-state index in [2.05, 4.69) is 5.32 Å². The Morgan fingerprint density at radius 2 is 1.58 bits per heavy atom. The second kappa shape index (κ2) is 8.35. The van der Waals surface area contributed by atoms with E-state index in [1.165, 1.54) is 22.6 Å². The quantitative estimate of drug-likeness (QED) is 0.606. The number of aryl methyl sites for hydroxylation is 1. The fraction of sp³-hybridized carbons (Fsp3) is 0.125. The molecule has 158 valence electrons. The molecule has 0 aromatic heterocycles. The number of sulfonamides is 1. The first-order chi connectivity index (χ1) is 14.9. The summed E-state index contributed by atoms with van der Waals surface area (Å²) in [6.45, 7) is 2.33. The highest BCUT2D eigenvalue weighted by molar-refractivity contribution is 7.97. The molecule has 1 heterocycles. The van der Waals surface area contributed by atoms with Crippen LogP contribution >= 0.6 is 0 Å². The van der Waals surface area contributed by atoms with Crippen LogP contribution in [0.25, 0.3) is 0 Å². The van der Waals surface area contributed by atoms with Crippen LogP contribution in [0, 0.1) is 12.7 Å². The Balaban J connectivity index is 1.68. The average molecular weight is 437 g/mol. The minimum absolute atomic E-state index is 0.113. The molecule has 0 saturated heterocycles. The van der Waals surface area contributed by atoms with Crippen LogP contribution in [-0.2, 0) is 23.1 Å². The van der Waals surface area contributed by atoms with Crippen LogP contribution in [0.5, 0.6) is 0 Å². The molecule has 0 atom stereocenters. The molecule has 5 nitrogen and oxygen atoms in total. The van der Waals surface area contributed by atoms with E-state index in [-0.39, 0.29) is 23.8 Å². The van der Waals surface area contributed by atoms with Crippen LogP contribution in [0.3, 0.4) is 0 Å². The van der Waals surface area contributed by atoms with Crippen LogP contribution in [0.2, 0.25) is 0 Å². The highest BCUT2D eigenvalue weighted by atomic mass is 32.2. The Hall–Kier alpha value is -3.45. The van der Waals surface area contributed by atoms with Gasteiger partial charge in [-0.2, -0.15) is 0 Å². The molecule has 31 heavy (non-hydrogen) atoms. The molecule has 0 amide bonds. The van der Waals surface area contributed by atoms with Gasteiger partial charge in [0.15, 0.2) is 4.91 Å². The maximum atomic E-state index is 13.4. The van der Waals surface area contributed by atoms with Crippen molar-refractivity contribution >= 4 is 21.5 Å². The highest BCUT2D eigenvalue weighted by Gasteiger charge is 2.39. The lowest BCUT2D eigenvalue weighted by atomic mass is 10.1. The van der Waals surface area contributed by atoms with Crippen molar-refractivity contribution in [1.29, 1.82) is 0 Å². The number of hydrogen-bond donors (Lipinski definition) is 1. The molecule has 3 aromatic rings. The van der Waals surface area contributed by atoms with Crippen molar-refractivity contribution in [2.75, 3.05) is 4.31 Å². The second-order valence-electron chi connectivity index (χ2n) is 7.36. The smallest absolute Gasteiger partial charge is 0.270 e. The molecule has 0 fully saturated rings. The minimum atomic E-state index is -4.07. The lowest BCUT2D eigenvalue weighted by Crippen LogP contribution is -2.39. The summed E-state index contributed by atoms with van der Waals surface area (Å²) < 4.78 is 41.1. The normalized spacial score (nSPS) is 16.3. The lowest BCUT2D eigenvalue weighted by Gasteiger charge is -2.31. The number of nitrogens with one attached hydrogen (secondary N) is 1. The van der Waals surface area contributed by atoms with Gasteiger partial charge in [0.25, 0.3) is 10.0 Å². The van der Waals surface area contributed by atoms with Crippen molar-refractivity contribution in [3.63, 3.8) is 0 Å². The predicted octanol–water partition coefficient (Wildman–Crippen LogP) is 4.30. The first-order valence-corrected chi connectivity index (χ1v) is 11.2. The summed E-state index contributed by atoms with van der Waals surface area (Å²) in [4.78, 5) is 12.7. The van der Waals surface area contributed by atoms with Gasteiger partial charge in [0.2, 0.25) is 5.78 Å². The molecular weight excluding hydrogens is 415 g/mol. The molecular formula is C24H21FN2O3S. The van der Waals surface area contributed by atoms with Gasteiger partial charge in [0.05, 0.1) is 12.2 Å². The molecule has 1 aliphatic rings. The number of para-hydroxylation sites is 1. The van der Waals surface area contributed by atoms with Crippen LogP contribution in [0.15, 0.2) is 83.9 Å². The summed E-state index contributed by atoms with van der Waals surface area (Å²) in [5.41, 5.74) is 3.35. The summed E-state index contributed by atoms with van der Waals surface area (Å²) in [7, 11) is -4.07. The van der Waals surface area contributed by atoms with E-state index >= 15 is 0 Å². The summed E-state index contributed by atoms with van der Waals surface area (Å²) in [5.74, 6) is -0.905. The molecule has 0 saturated carbocycles. The predicted molar refractivity (Wildman–Crippen MR) is 118 cm³/mol. The maximum Gasteiger partial charge on any atom is 0.270 e. The van der Waals surface area contributed by atoms with Gasteiger partial charge in [0.1, 0.15) is 5.82 Å². The van der Waals surface area contributed by atoms with Gasteiger partial charge in [0, 0.05) is 18.3 Å². The Kier molecular flexibility index (Phi) is 5.61. The van der Waals surface area contributed by atoms with E-state index in [0.29, 0.717) is 11.3 Å². The topological polar surface area (TPSA) is 66.5 Å². The number of anilines is 1. The third-order valence-corrected chi connectivity index (χ3v) is 6.87. The summed E-state index contributed by atoms with van der Waals surface area (Å²) in [5, 5.41) is 2.89. The number of benzene rings is 3. The molecule has 3 aromatic carbocycles. The van der Waals surface area contributed by atoms with Crippen molar-refractivity contribution in [1.82, 2.24) is 5.32 Å². The Bertz CT molecular complexity index is 1250. The van der Waals surface area contributed by atoms with Gasteiger partial charge >= 0.3 is 0 Å². The molecule has 7 heteroatoms. The monoisotopic (exact) mass is 436 g/mol. The number of carbonyl (C=O) groups excluding carboxylic acids is 1. The van der Waals surface area contributed by atoms with E-state index in [4.69, 9.17) is 0 Å². The third-order valence-electron chi connectivity index (χ3n) is 5.11.